The Bertz CT molecular complexity index is 654. The van der Waals surface area contributed by atoms with Crippen LogP contribution < -0.4 is 10.6 Å². The second-order valence-electron chi connectivity index (χ2n) is 5.01. The number of hydrogen-bond donors (Lipinski definition) is 2. The molecule has 19 heavy (non-hydrogen) atoms. The van der Waals surface area contributed by atoms with Crippen molar-refractivity contribution in [2.24, 2.45) is 5.92 Å². The molecule has 1 atom stereocenters. The first-order valence-electron chi connectivity index (χ1n) is 6.35. The number of rotatable bonds is 1. The molecule has 3 rings (SSSR count). The lowest BCUT2D eigenvalue weighted by molar-refractivity contribution is 0.445. The van der Waals surface area contributed by atoms with Crippen LogP contribution in [0.5, 0.6) is 0 Å². The highest BCUT2D eigenvalue weighted by Crippen LogP contribution is 2.29. The van der Waals surface area contributed by atoms with Crippen molar-refractivity contribution >= 4 is 22.8 Å². The van der Waals surface area contributed by atoms with E-state index in [1.54, 1.807) is 0 Å². The molecule has 7 nitrogen and oxygen atoms in total. The molecule has 0 spiro atoms. The van der Waals surface area contributed by atoms with Crippen LogP contribution in [0.25, 0.3) is 11.0 Å². The molecule has 0 amide bonds. The molecule has 3 N–H and O–H groups in total. The number of H-pyrrole nitrogens is 1. The Morgan fingerprint density at radius 3 is 3.05 bits per heavy atom. The predicted molar refractivity (Wildman–Crippen MR) is 71.4 cm³/mol. The summed E-state index contributed by atoms with van der Waals surface area (Å²) in [6.07, 6.45) is 2.34. The minimum atomic E-state index is 0.191. The molecule has 0 radical (unpaired) electrons. The van der Waals surface area contributed by atoms with Gasteiger partial charge in [0, 0.05) is 13.1 Å². The summed E-state index contributed by atoms with van der Waals surface area (Å²) in [7, 11) is 0. The summed E-state index contributed by atoms with van der Waals surface area (Å²) in [6.45, 7) is 4.06. The summed E-state index contributed by atoms with van der Waals surface area (Å²) in [4.78, 5) is 10.6. The van der Waals surface area contributed by atoms with Crippen LogP contribution in [0.4, 0.5) is 11.8 Å². The van der Waals surface area contributed by atoms with Crippen molar-refractivity contribution in [3.63, 3.8) is 0 Å². The Morgan fingerprint density at radius 1 is 1.47 bits per heavy atom. The summed E-state index contributed by atoms with van der Waals surface area (Å²) < 4.78 is 0. The number of nitrogens with one attached hydrogen (secondary N) is 1. The third-order valence-electron chi connectivity index (χ3n) is 3.48. The third kappa shape index (κ3) is 1.95. The Kier molecular flexibility index (Phi) is 2.71. The van der Waals surface area contributed by atoms with E-state index in [0.29, 0.717) is 22.6 Å². The number of anilines is 2. The van der Waals surface area contributed by atoms with Gasteiger partial charge in [-0.1, -0.05) is 6.92 Å². The van der Waals surface area contributed by atoms with Gasteiger partial charge in [-0.15, -0.1) is 0 Å². The zero-order valence-corrected chi connectivity index (χ0v) is 10.7. The van der Waals surface area contributed by atoms with E-state index in [2.05, 4.69) is 38.1 Å². The average molecular weight is 257 g/mol. The topological polar surface area (TPSA) is 108 Å². The Hall–Kier alpha value is -2.36. The highest BCUT2D eigenvalue weighted by Gasteiger charge is 2.23. The van der Waals surface area contributed by atoms with Gasteiger partial charge in [0.2, 0.25) is 5.95 Å². The predicted octanol–water partition coefficient (Wildman–Crippen LogP) is 1.04. The lowest BCUT2D eigenvalue weighted by Gasteiger charge is -2.32. The van der Waals surface area contributed by atoms with Gasteiger partial charge >= 0.3 is 0 Å². The molecule has 1 fully saturated rings. The van der Waals surface area contributed by atoms with E-state index in [9.17, 15) is 0 Å². The number of nitrogen functional groups attached to an aromatic ring is 1. The molecule has 2 aromatic rings. The van der Waals surface area contributed by atoms with E-state index in [1.807, 2.05) is 0 Å². The normalized spacial score (nSPS) is 19.6. The highest BCUT2D eigenvalue weighted by molar-refractivity contribution is 5.92. The van der Waals surface area contributed by atoms with E-state index in [0.717, 1.165) is 25.3 Å². The van der Waals surface area contributed by atoms with E-state index >= 15 is 0 Å². The minimum absolute atomic E-state index is 0.191. The Morgan fingerprint density at radius 2 is 2.32 bits per heavy atom. The number of nitrogens with two attached hydrogens (primary N) is 1. The number of nitrogens with zero attached hydrogens (tertiary/aromatic N) is 5. The summed E-state index contributed by atoms with van der Waals surface area (Å²) >= 11 is 0. The van der Waals surface area contributed by atoms with Crippen LogP contribution in [0.15, 0.2) is 0 Å². The van der Waals surface area contributed by atoms with Gasteiger partial charge in [-0.05, 0) is 18.8 Å². The molecule has 1 saturated heterocycles. The van der Waals surface area contributed by atoms with Gasteiger partial charge in [0.05, 0.1) is 5.39 Å². The fourth-order valence-corrected chi connectivity index (χ4v) is 2.61. The molecule has 2 aromatic heterocycles. The SMILES string of the molecule is CC1CCCN(c2nc(N)nc3n[nH]c(C#N)c23)C1. The Balaban J connectivity index is 2.16. The van der Waals surface area contributed by atoms with Gasteiger partial charge in [-0.25, -0.2) is 0 Å². The summed E-state index contributed by atoms with van der Waals surface area (Å²) in [5, 5.41) is 16.5. The largest absolute Gasteiger partial charge is 0.368 e. The van der Waals surface area contributed by atoms with E-state index in [-0.39, 0.29) is 5.95 Å². The van der Waals surface area contributed by atoms with E-state index in [1.165, 1.54) is 6.42 Å². The third-order valence-corrected chi connectivity index (χ3v) is 3.48. The van der Waals surface area contributed by atoms with Crippen molar-refractivity contribution in [3.05, 3.63) is 5.69 Å². The lowest BCUT2D eigenvalue weighted by Crippen LogP contribution is -2.35. The first kappa shape index (κ1) is 11.7. The number of nitriles is 1. The maximum Gasteiger partial charge on any atom is 0.224 e. The molecule has 98 valence electrons. The van der Waals surface area contributed by atoms with Gasteiger partial charge in [-0.2, -0.15) is 20.3 Å². The van der Waals surface area contributed by atoms with Gasteiger partial charge in [-0.3, -0.25) is 5.10 Å². The molecule has 0 aliphatic carbocycles. The van der Waals surface area contributed by atoms with Crippen LogP contribution in [-0.2, 0) is 0 Å². The summed E-state index contributed by atoms with van der Waals surface area (Å²) in [5.41, 5.74) is 6.58. The Labute approximate surface area is 110 Å². The van der Waals surface area contributed by atoms with Crippen LogP contribution >= 0.6 is 0 Å². The van der Waals surface area contributed by atoms with Gasteiger partial charge < -0.3 is 10.6 Å². The van der Waals surface area contributed by atoms with Crippen LogP contribution in [-0.4, -0.2) is 33.3 Å². The number of aromatic nitrogens is 4. The fraction of sp³-hybridized carbons (Fsp3) is 0.500. The molecule has 3 heterocycles. The first-order valence-corrected chi connectivity index (χ1v) is 6.35. The van der Waals surface area contributed by atoms with Crippen LogP contribution in [0.3, 0.4) is 0 Å². The first-order chi connectivity index (χ1) is 9.19. The summed E-state index contributed by atoms with van der Waals surface area (Å²) in [6, 6.07) is 2.09. The van der Waals surface area contributed by atoms with Crippen molar-refractivity contribution in [1.29, 1.82) is 5.26 Å². The van der Waals surface area contributed by atoms with Crippen molar-refractivity contribution in [3.8, 4) is 6.07 Å². The quantitative estimate of drug-likeness (QED) is 0.790. The van der Waals surface area contributed by atoms with Gasteiger partial charge in [0.25, 0.3) is 0 Å². The van der Waals surface area contributed by atoms with Crippen LogP contribution in [0.2, 0.25) is 0 Å². The minimum Gasteiger partial charge on any atom is -0.368 e. The fourth-order valence-electron chi connectivity index (χ4n) is 2.61. The highest BCUT2D eigenvalue weighted by atomic mass is 15.2. The van der Waals surface area contributed by atoms with Crippen molar-refractivity contribution < 1.29 is 0 Å². The molecular formula is C12H15N7. The summed E-state index contributed by atoms with van der Waals surface area (Å²) in [5.74, 6) is 1.52. The maximum absolute atomic E-state index is 9.14. The number of hydrogen-bond acceptors (Lipinski definition) is 6. The smallest absolute Gasteiger partial charge is 0.224 e. The second kappa shape index (κ2) is 4.39. The van der Waals surface area contributed by atoms with Crippen molar-refractivity contribution in [2.75, 3.05) is 23.7 Å². The average Bonchev–Trinajstić information content (AvgIpc) is 2.80. The maximum atomic E-state index is 9.14. The molecule has 1 unspecified atom stereocenters. The molecule has 0 saturated carbocycles. The second-order valence-corrected chi connectivity index (χ2v) is 5.01. The van der Waals surface area contributed by atoms with E-state index < -0.39 is 0 Å². The van der Waals surface area contributed by atoms with Crippen LogP contribution in [0, 0.1) is 17.2 Å². The molecule has 1 aliphatic rings. The molecule has 0 aromatic carbocycles. The molecular weight excluding hydrogens is 242 g/mol. The number of aromatic amines is 1. The molecule has 0 bridgehead atoms. The van der Waals surface area contributed by atoms with E-state index in [4.69, 9.17) is 11.0 Å². The molecule has 1 aliphatic heterocycles. The molecule has 7 heteroatoms. The van der Waals surface area contributed by atoms with Crippen molar-refractivity contribution in [2.45, 2.75) is 19.8 Å². The number of fused-ring (bicyclic) bond motifs is 1. The zero-order valence-electron chi connectivity index (χ0n) is 10.7. The standard InChI is InChI=1S/C12H15N7/c1-7-3-2-4-19(6-7)11-9-8(5-13)17-18-10(9)15-12(14)16-11/h7H,2-4,6H2,1H3,(H3,14,15,16,17,18). The van der Waals surface area contributed by atoms with Gasteiger partial charge in [0.1, 0.15) is 17.6 Å². The van der Waals surface area contributed by atoms with Gasteiger partial charge in [0.15, 0.2) is 5.65 Å². The zero-order chi connectivity index (χ0) is 13.4. The lowest BCUT2D eigenvalue weighted by atomic mass is 10.00. The number of piperidine rings is 1. The van der Waals surface area contributed by atoms with Crippen molar-refractivity contribution in [1.82, 2.24) is 20.2 Å². The monoisotopic (exact) mass is 257 g/mol. The van der Waals surface area contributed by atoms with Crippen LogP contribution in [0.1, 0.15) is 25.5 Å².